The van der Waals surface area contributed by atoms with E-state index >= 15 is 0 Å². The van der Waals surface area contributed by atoms with Crippen LogP contribution >= 0.6 is 0 Å². The van der Waals surface area contributed by atoms with Gasteiger partial charge in [0.2, 0.25) is 0 Å². The number of ketones is 1. The van der Waals surface area contributed by atoms with Gasteiger partial charge in [-0.1, -0.05) is 38.1 Å². The molecule has 1 N–H and O–H groups in total. The van der Waals surface area contributed by atoms with Gasteiger partial charge in [-0.15, -0.1) is 0 Å². The van der Waals surface area contributed by atoms with Crippen LogP contribution in [-0.4, -0.2) is 18.9 Å². The molecule has 1 aromatic carbocycles. The van der Waals surface area contributed by atoms with Crippen molar-refractivity contribution in [2.75, 3.05) is 13.1 Å². The third-order valence-corrected chi connectivity index (χ3v) is 3.84. The first-order valence-corrected chi connectivity index (χ1v) is 6.46. The van der Waals surface area contributed by atoms with E-state index in [1.54, 1.807) is 0 Å². The van der Waals surface area contributed by atoms with E-state index in [0.717, 1.165) is 31.5 Å². The molecule has 2 nitrogen and oxygen atoms in total. The lowest BCUT2D eigenvalue weighted by atomic mass is 9.82. The van der Waals surface area contributed by atoms with E-state index in [0.29, 0.717) is 12.2 Å². The van der Waals surface area contributed by atoms with Crippen LogP contribution < -0.4 is 5.32 Å². The van der Waals surface area contributed by atoms with Crippen molar-refractivity contribution in [1.29, 1.82) is 0 Å². The quantitative estimate of drug-likeness (QED) is 0.862. The Kier molecular flexibility index (Phi) is 3.63. The fraction of sp³-hybridized carbons (Fsp3) is 0.533. The molecule has 1 atom stereocenters. The molecule has 1 aliphatic rings. The van der Waals surface area contributed by atoms with Gasteiger partial charge in [-0.25, -0.2) is 0 Å². The maximum atomic E-state index is 12.3. The summed E-state index contributed by atoms with van der Waals surface area (Å²) >= 11 is 0. The summed E-state index contributed by atoms with van der Waals surface area (Å²) in [6.45, 7) is 6.02. The molecule has 17 heavy (non-hydrogen) atoms. The van der Waals surface area contributed by atoms with E-state index < -0.39 is 0 Å². The molecule has 0 radical (unpaired) electrons. The van der Waals surface area contributed by atoms with E-state index in [2.05, 4.69) is 43.4 Å². The highest BCUT2D eigenvalue weighted by Gasteiger charge is 2.35. The fourth-order valence-electron chi connectivity index (χ4n) is 2.35. The van der Waals surface area contributed by atoms with Gasteiger partial charge in [0.15, 0.2) is 0 Å². The Balaban J connectivity index is 2.02. The Bertz CT molecular complexity index is 388. The maximum absolute atomic E-state index is 12.3. The van der Waals surface area contributed by atoms with Gasteiger partial charge in [-0.3, -0.25) is 4.79 Å². The number of carbonyl (C=O) groups excluding carboxylic acids is 1. The molecule has 1 heterocycles. The Labute approximate surface area is 103 Å². The Morgan fingerprint density at radius 1 is 1.29 bits per heavy atom. The molecule has 2 heteroatoms. The van der Waals surface area contributed by atoms with Gasteiger partial charge in [0.1, 0.15) is 5.78 Å². The number of Topliss-reactive ketones (excluding diaryl/α,β-unsaturated/α-hetero) is 1. The lowest BCUT2D eigenvalue weighted by molar-refractivity contribution is -0.126. The molecular weight excluding hydrogens is 210 g/mol. The summed E-state index contributed by atoms with van der Waals surface area (Å²) in [5.41, 5.74) is 2.32. The molecule has 1 fully saturated rings. The first-order chi connectivity index (χ1) is 8.14. The first-order valence-electron chi connectivity index (χ1n) is 6.46. The van der Waals surface area contributed by atoms with Gasteiger partial charge in [0.25, 0.3) is 0 Å². The molecule has 0 aromatic heterocycles. The van der Waals surface area contributed by atoms with Gasteiger partial charge < -0.3 is 5.32 Å². The lowest BCUT2D eigenvalue weighted by Gasteiger charge is -2.20. The van der Waals surface area contributed by atoms with Crippen molar-refractivity contribution >= 4 is 5.78 Å². The highest BCUT2D eigenvalue weighted by molar-refractivity contribution is 5.87. The minimum absolute atomic E-state index is 0.149. The van der Waals surface area contributed by atoms with Gasteiger partial charge >= 0.3 is 0 Å². The number of carbonyl (C=O) groups is 1. The minimum Gasteiger partial charge on any atom is -0.316 e. The van der Waals surface area contributed by atoms with Crippen molar-refractivity contribution in [1.82, 2.24) is 5.32 Å². The van der Waals surface area contributed by atoms with Crippen LogP contribution in [0.3, 0.4) is 0 Å². The second-order valence-electron chi connectivity index (χ2n) is 5.26. The summed E-state index contributed by atoms with van der Waals surface area (Å²) in [5.74, 6) is 0.367. The zero-order valence-electron chi connectivity index (χ0n) is 10.8. The van der Waals surface area contributed by atoms with Crippen LogP contribution in [0.5, 0.6) is 0 Å². The normalized spacial score (nSPS) is 23.9. The molecular formula is C15H21NO. The van der Waals surface area contributed by atoms with Crippen LogP contribution in [0.15, 0.2) is 24.3 Å². The number of hydrogen-bond acceptors (Lipinski definition) is 2. The average molecular weight is 231 g/mol. The van der Waals surface area contributed by atoms with Crippen LogP contribution in [0, 0.1) is 5.41 Å². The summed E-state index contributed by atoms with van der Waals surface area (Å²) in [6.07, 6.45) is 2.59. The Morgan fingerprint density at radius 3 is 2.47 bits per heavy atom. The van der Waals surface area contributed by atoms with Gasteiger partial charge in [0.05, 0.1) is 0 Å². The van der Waals surface area contributed by atoms with Crippen LogP contribution in [0.2, 0.25) is 0 Å². The molecule has 1 saturated heterocycles. The topological polar surface area (TPSA) is 29.1 Å². The highest BCUT2D eigenvalue weighted by Crippen LogP contribution is 2.27. The molecule has 0 aliphatic carbocycles. The predicted molar refractivity (Wildman–Crippen MR) is 70.1 cm³/mol. The van der Waals surface area contributed by atoms with Crippen molar-refractivity contribution in [2.45, 2.75) is 33.1 Å². The molecule has 0 amide bonds. The van der Waals surface area contributed by atoms with Crippen LogP contribution in [-0.2, 0) is 17.6 Å². The van der Waals surface area contributed by atoms with E-state index in [9.17, 15) is 4.79 Å². The predicted octanol–water partition coefficient (Wildman–Crippen LogP) is 2.36. The van der Waals surface area contributed by atoms with Crippen molar-refractivity contribution in [3.05, 3.63) is 35.4 Å². The molecule has 0 bridgehead atoms. The minimum atomic E-state index is -0.149. The van der Waals surface area contributed by atoms with E-state index in [1.165, 1.54) is 5.56 Å². The van der Waals surface area contributed by atoms with E-state index in [-0.39, 0.29) is 5.41 Å². The van der Waals surface area contributed by atoms with Crippen LogP contribution in [0.25, 0.3) is 0 Å². The zero-order valence-corrected chi connectivity index (χ0v) is 10.8. The second kappa shape index (κ2) is 5.01. The summed E-state index contributed by atoms with van der Waals surface area (Å²) < 4.78 is 0. The number of aryl methyl sites for hydroxylation is 1. The lowest BCUT2D eigenvalue weighted by Crippen LogP contribution is -2.31. The van der Waals surface area contributed by atoms with Crippen LogP contribution in [0.4, 0.5) is 0 Å². The first kappa shape index (κ1) is 12.3. The number of hydrogen-bond donors (Lipinski definition) is 1. The largest absolute Gasteiger partial charge is 0.316 e. The Hall–Kier alpha value is -1.15. The van der Waals surface area contributed by atoms with E-state index in [1.807, 2.05) is 0 Å². The Morgan fingerprint density at radius 2 is 1.94 bits per heavy atom. The van der Waals surface area contributed by atoms with Crippen molar-refractivity contribution in [3.8, 4) is 0 Å². The van der Waals surface area contributed by atoms with E-state index in [4.69, 9.17) is 0 Å². The summed E-state index contributed by atoms with van der Waals surface area (Å²) in [7, 11) is 0. The molecule has 0 saturated carbocycles. The second-order valence-corrected chi connectivity index (χ2v) is 5.26. The van der Waals surface area contributed by atoms with Gasteiger partial charge in [0, 0.05) is 18.4 Å². The van der Waals surface area contributed by atoms with Gasteiger partial charge in [-0.05, 0) is 30.5 Å². The molecule has 2 rings (SSSR count). The smallest absolute Gasteiger partial charge is 0.144 e. The SMILES string of the molecule is CCc1ccc(CC(=O)C2(C)CCNC2)cc1. The summed E-state index contributed by atoms with van der Waals surface area (Å²) in [4.78, 5) is 12.3. The van der Waals surface area contributed by atoms with Crippen molar-refractivity contribution in [2.24, 2.45) is 5.41 Å². The molecule has 1 aliphatic heterocycles. The van der Waals surface area contributed by atoms with Crippen molar-refractivity contribution < 1.29 is 4.79 Å². The van der Waals surface area contributed by atoms with Crippen LogP contribution in [0.1, 0.15) is 31.4 Å². The van der Waals surface area contributed by atoms with Gasteiger partial charge in [-0.2, -0.15) is 0 Å². The average Bonchev–Trinajstić information content (AvgIpc) is 2.78. The number of nitrogens with one attached hydrogen (secondary N) is 1. The fourth-order valence-corrected chi connectivity index (χ4v) is 2.35. The van der Waals surface area contributed by atoms with Crippen molar-refractivity contribution in [3.63, 3.8) is 0 Å². The number of rotatable bonds is 4. The summed E-state index contributed by atoms with van der Waals surface area (Å²) in [6, 6.07) is 8.42. The summed E-state index contributed by atoms with van der Waals surface area (Å²) in [5, 5.41) is 3.28. The molecule has 0 spiro atoms. The zero-order chi connectivity index (χ0) is 12.3. The highest BCUT2D eigenvalue weighted by atomic mass is 16.1. The third kappa shape index (κ3) is 2.75. The standard InChI is InChI=1S/C15H21NO/c1-3-12-4-6-13(7-5-12)10-14(17)15(2)8-9-16-11-15/h4-7,16H,3,8-11H2,1-2H3. The monoisotopic (exact) mass is 231 g/mol. The maximum Gasteiger partial charge on any atom is 0.144 e. The number of benzene rings is 1. The molecule has 1 aromatic rings. The molecule has 1 unspecified atom stereocenters. The molecule has 92 valence electrons. The third-order valence-electron chi connectivity index (χ3n) is 3.84.